The van der Waals surface area contributed by atoms with Crippen molar-refractivity contribution in [3.05, 3.63) is 59.8 Å². The number of methoxy groups -OCH3 is 2. The predicted octanol–water partition coefficient (Wildman–Crippen LogP) is 3.01. The normalized spacial score (nSPS) is 18.6. The van der Waals surface area contributed by atoms with E-state index in [1.54, 1.807) is 14.2 Å². The monoisotopic (exact) mass is 442 g/mol. The number of amides is 1. The Kier molecular flexibility index (Phi) is 5.91. The van der Waals surface area contributed by atoms with Crippen molar-refractivity contribution in [2.75, 3.05) is 25.7 Å². The van der Waals surface area contributed by atoms with E-state index in [1.165, 1.54) is 0 Å². The lowest BCUT2D eigenvalue weighted by Gasteiger charge is -2.19. The Morgan fingerprint density at radius 1 is 1.16 bits per heavy atom. The molecule has 1 saturated heterocycles. The summed E-state index contributed by atoms with van der Waals surface area (Å²) in [6.45, 7) is 0. The number of aromatic nitrogens is 1. The van der Waals surface area contributed by atoms with Crippen molar-refractivity contribution in [2.45, 2.75) is 24.8 Å². The molecule has 0 aliphatic carbocycles. The number of carbonyl (C=O) groups is 1. The van der Waals surface area contributed by atoms with Crippen molar-refractivity contribution >= 4 is 26.6 Å². The second-order valence-electron chi connectivity index (χ2n) is 7.82. The first-order valence-electron chi connectivity index (χ1n) is 10.2. The maximum Gasteiger partial charge on any atom is 0.221 e. The summed E-state index contributed by atoms with van der Waals surface area (Å²) in [5.74, 6) is 1.18. The smallest absolute Gasteiger partial charge is 0.221 e. The van der Waals surface area contributed by atoms with Gasteiger partial charge in [-0.15, -0.1) is 0 Å². The molecule has 1 amide bonds. The number of H-pyrrole nitrogens is 1. The topological polar surface area (TPSA) is 97.5 Å². The highest BCUT2D eigenvalue weighted by atomic mass is 32.2. The summed E-state index contributed by atoms with van der Waals surface area (Å²) in [4.78, 5) is 16.2. The maximum absolute atomic E-state index is 12.9. The van der Waals surface area contributed by atoms with Crippen molar-refractivity contribution in [3.63, 3.8) is 0 Å². The van der Waals surface area contributed by atoms with Crippen LogP contribution in [0.5, 0.6) is 11.5 Å². The Hall–Kier alpha value is -3.00. The van der Waals surface area contributed by atoms with Gasteiger partial charge in [-0.1, -0.05) is 18.2 Å². The average Bonchev–Trinajstić information content (AvgIpc) is 3.34. The van der Waals surface area contributed by atoms with Crippen LogP contribution in [-0.2, 0) is 14.6 Å². The molecule has 0 saturated carbocycles. The van der Waals surface area contributed by atoms with Crippen LogP contribution in [0, 0.1) is 0 Å². The van der Waals surface area contributed by atoms with E-state index in [4.69, 9.17) is 9.47 Å². The van der Waals surface area contributed by atoms with Gasteiger partial charge in [-0.05, 0) is 41.8 Å². The van der Waals surface area contributed by atoms with Crippen LogP contribution in [-0.4, -0.2) is 51.1 Å². The van der Waals surface area contributed by atoms with Gasteiger partial charge in [-0.3, -0.25) is 4.79 Å². The summed E-state index contributed by atoms with van der Waals surface area (Å²) in [7, 11) is 0.177. The van der Waals surface area contributed by atoms with Crippen LogP contribution in [0.1, 0.15) is 29.9 Å². The molecule has 2 unspecified atom stereocenters. The average molecular weight is 443 g/mol. The van der Waals surface area contributed by atoms with Gasteiger partial charge in [0.2, 0.25) is 5.91 Å². The molecule has 1 aromatic heterocycles. The number of sulfone groups is 1. The number of fused-ring (bicyclic) bond motifs is 1. The van der Waals surface area contributed by atoms with Crippen LogP contribution in [0.3, 0.4) is 0 Å². The minimum Gasteiger partial charge on any atom is -0.497 e. The van der Waals surface area contributed by atoms with Crippen LogP contribution >= 0.6 is 0 Å². The number of benzene rings is 2. The van der Waals surface area contributed by atoms with E-state index >= 15 is 0 Å². The largest absolute Gasteiger partial charge is 0.497 e. The molecule has 2 aromatic carbocycles. The molecule has 8 heteroatoms. The highest BCUT2D eigenvalue weighted by molar-refractivity contribution is 7.91. The highest BCUT2D eigenvalue weighted by Crippen LogP contribution is 2.38. The van der Waals surface area contributed by atoms with E-state index in [0.717, 1.165) is 33.5 Å². The fourth-order valence-electron chi connectivity index (χ4n) is 4.25. The number of aromatic amines is 1. The first kappa shape index (κ1) is 21.2. The van der Waals surface area contributed by atoms with Crippen molar-refractivity contribution in [2.24, 2.45) is 0 Å². The van der Waals surface area contributed by atoms with Gasteiger partial charge >= 0.3 is 0 Å². The Balaban J connectivity index is 1.68. The molecule has 0 bridgehead atoms. The molecule has 31 heavy (non-hydrogen) atoms. The molecule has 1 aliphatic heterocycles. The minimum absolute atomic E-state index is 0.00680. The van der Waals surface area contributed by atoms with Crippen molar-refractivity contribution in [3.8, 4) is 11.5 Å². The van der Waals surface area contributed by atoms with E-state index in [2.05, 4.69) is 10.3 Å². The molecule has 1 fully saturated rings. The van der Waals surface area contributed by atoms with Crippen LogP contribution in [0.4, 0.5) is 0 Å². The quantitative estimate of drug-likeness (QED) is 0.586. The van der Waals surface area contributed by atoms with Gasteiger partial charge in [0.15, 0.2) is 9.84 Å². The molecule has 7 nitrogen and oxygen atoms in total. The van der Waals surface area contributed by atoms with E-state index < -0.39 is 9.84 Å². The maximum atomic E-state index is 12.9. The van der Waals surface area contributed by atoms with Gasteiger partial charge in [-0.2, -0.15) is 0 Å². The zero-order valence-corrected chi connectivity index (χ0v) is 18.4. The van der Waals surface area contributed by atoms with Gasteiger partial charge in [0.1, 0.15) is 11.5 Å². The fraction of sp³-hybridized carbons (Fsp3) is 0.348. The van der Waals surface area contributed by atoms with Gasteiger partial charge < -0.3 is 19.8 Å². The predicted molar refractivity (Wildman–Crippen MR) is 120 cm³/mol. The lowest BCUT2D eigenvalue weighted by atomic mass is 9.87. The number of nitrogens with one attached hydrogen (secondary N) is 2. The van der Waals surface area contributed by atoms with E-state index in [1.807, 2.05) is 48.7 Å². The van der Waals surface area contributed by atoms with Crippen molar-refractivity contribution in [1.29, 1.82) is 0 Å². The van der Waals surface area contributed by atoms with E-state index in [-0.39, 0.29) is 35.8 Å². The number of carbonyl (C=O) groups excluding carboxylic acids is 1. The standard InChI is InChI=1S/C23H26N2O5S/c1-29-17-8-6-15(7-9-17)18(12-22(26)25-16-10-11-31(27,28)14-16)19-13-24-20-4-3-5-21(30-2)23(19)20/h3-9,13,16,18,24H,10-12,14H2,1-2H3,(H,25,26). The van der Waals surface area contributed by atoms with Gasteiger partial charge in [0, 0.05) is 35.5 Å². The third-order valence-corrected chi connectivity index (χ3v) is 7.57. The van der Waals surface area contributed by atoms with Gasteiger partial charge in [-0.25, -0.2) is 8.42 Å². The molecule has 4 rings (SSSR count). The zero-order valence-electron chi connectivity index (χ0n) is 17.6. The third-order valence-electron chi connectivity index (χ3n) is 5.80. The molecule has 0 radical (unpaired) electrons. The van der Waals surface area contributed by atoms with Crippen LogP contribution in [0.25, 0.3) is 10.9 Å². The Bertz CT molecular complexity index is 1180. The van der Waals surface area contributed by atoms with Crippen LogP contribution < -0.4 is 14.8 Å². The second kappa shape index (κ2) is 8.63. The number of ether oxygens (including phenoxy) is 2. The van der Waals surface area contributed by atoms with Crippen LogP contribution in [0.2, 0.25) is 0 Å². The lowest BCUT2D eigenvalue weighted by molar-refractivity contribution is -0.121. The summed E-state index contributed by atoms with van der Waals surface area (Å²) in [6.07, 6.45) is 2.56. The first-order chi connectivity index (χ1) is 14.9. The second-order valence-corrected chi connectivity index (χ2v) is 10.1. The molecule has 164 valence electrons. The van der Waals surface area contributed by atoms with Crippen molar-refractivity contribution < 1.29 is 22.7 Å². The SMILES string of the molecule is COc1ccc(C(CC(=O)NC2CCS(=O)(=O)C2)c2c[nH]c3cccc(OC)c23)cc1. The van der Waals surface area contributed by atoms with Gasteiger partial charge in [0.05, 0.1) is 25.7 Å². The summed E-state index contributed by atoms with van der Waals surface area (Å²) < 4.78 is 34.3. The van der Waals surface area contributed by atoms with E-state index in [0.29, 0.717) is 6.42 Å². The summed E-state index contributed by atoms with van der Waals surface area (Å²) in [5.41, 5.74) is 2.84. The number of hydrogen-bond donors (Lipinski definition) is 2. The third kappa shape index (κ3) is 4.54. The summed E-state index contributed by atoms with van der Waals surface area (Å²) >= 11 is 0. The molecule has 2 heterocycles. The Morgan fingerprint density at radius 3 is 2.58 bits per heavy atom. The van der Waals surface area contributed by atoms with Gasteiger partial charge in [0.25, 0.3) is 0 Å². The molecule has 3 aromatic rings. The number of rotatable bonds is 7. The Labute approximate surface area is 181 Å². The molecular formula is C23H26N2O5S. The van der Waals surface area contributed by atoms with Crippen molar-refractivity contribution in [1.82, 2.24) is 10.3 Å². The van der Waals surface area contributed by atoms with E-state index in [9.17, 15) is 13.2 Å². The molecule has 2 N–H and O–H groups in total. The summed E-state index contributed by atoms with van der Waals surface area (Å²) in [6, 6.07) is 13.1. The fourth-order valence-corrected chi connectivity index (χ4v) is 5.92. The molecule has 1 aliphatic rings. The Morgan fingerprint density at radius 2 is 1.94 bits per heavy atom. The molecule has 2 atom stereocenters. The number of hydrogen-bond acceptors (Lipinski definition) is 5. The first-order valence-corrected chi connectivity index (χ1v) is 12.0. The molecule has 0 spiro atoms. The van der Waals surface area contributed by atoms with Crippen LogP contribution in [0.15, 0.2) is 48.7 Å². The highest BCUT2D eigenvalue weighted by Gasteiger charge is 2.30. The minimum atomic E-state index is -3.06. The summed E-state index contributed by atoms with van der Waals surface area (Å²) in [5, 5.41) is 3.84. The zero-order chi connectivity index (χ0) is 22.0. The molecular weight excluding hydrogens is 416 g/mol. The lowest BCUT2D eigenvalue weighted by Crippen LogP contribution is -2.36.